The lowest BCUT2D eigenvalue weighted by Crippen LogP contribution is -2.31. The molecular formula is C22H21NO6. The number of nitrogens with zero attached hydrogens (tertiary/aromatic N) is 1. The maximum atomic E-state index is 12.8. The molecule has 0 spiro atoms. The minimum Gasteiger partial charge on any atom is -0.507 e. The molecule has 1 unspecified atom stereocenters. The molecule has 0 bridgehead atoms. The van der Waals surface area contributed by atoms with Gasteiger partial charge in [-0.15, -0.1) is 0 Å². The predicted molar refractivity (Wildman–Crippen MR) is 105 cm³/mol. The van der Waals surface area contributed by atoms with Gasteiger partial charge in [0.1, 0.15) is 11.5 Å². The highest BCUT2D eigenvalue weighted by atomic mass is 16.5. The Labute approximate surface area is 167 Å². The lowest BCUT2D eigenvalue weighted by molar-refractivity contribution is -0.142. The lowest BCUT2D eigenvalue weighted by Gasteiger charge is -2.25. The summed E-state index contributed by atoms with van der Waals surface area (Å²) in [7, 11) is 1.49. The summed E-state index contributed by atoms with van der Waals surface area (Å²) in [5.74, 6) is -2.56. The topological polar surface area (TPSA) is 104 Å². The molecule has 2 aromatic rings. The van der Waals surface area contributed by atoms with Gasteiger partial charge in [-0.2, -0.15) is 0 Å². The zero-order chi connectivity index (χ0) is 21.1. The van der Waals surface area contributed by atoms with E-state index in [1.807, 2.05) is 6.92 Å². The molecule has 1 amide bonds. The first-order valence-electron chi connectivity index (χ1n) is 9.04. The number of carbonyl (C=O) groups excluding carboxylic acids is 2. The molecule has 1 aliphatic rings. The Kier molecular flexibility index (Phi) is 5.68. The van der Waals surface area contributed by atoms with Crippen molar-refractivity contribution in [2.45, 2.75) is 19.4 Å². The summed E-state index contributed by atoms with van der Waals surface area (Å²) in [6.45, 7) is 1.73. The van der Waals surface area contributed by atoms with Gasteiger partial charge in [-0.25, -0.2) is 0 Å². The van der Waals surface area contributed by atoms with Gasteiger partial charge in [0, 0.05) is 12.1 Å². The van der Waals surface area contributed by atoms with Crippen LogP contribution in [-0.4, -0.2) is 46.4 Å². The van der Waals surface area contributed by atoms with Crippen LogP contribution in [0.2, 0.25) is 0 Å². The molecule has 1 heterocycles. The average molecular weight is 395 g/mol. The van der Waals surface area contributed by atoms with Gasteiger partial charge in [0.2, 0.25) is 0 Å². The Hall–Kier alpha value is -3.61. The quantitative estimate of drug-likeness (QED) is 0.443. The van der Waals surface area contributed by atoms with Crippen LogP contribution in [0.4, 0.5) is 0 Å². The first-order valence-corrected chi connectivity index (χ1v) is 9.04. The first kappa shape index (κ1) is 20.1. The predicted octanol–water partition coefficient (Wildman–Crippen LogP) is 2.90. The summed E-state index contributed by atoms with van der Waals surface area (Å²) in [4.78, 5) is 37.7. The minimum atomic E-state index is -1.09. The van der Waals surface area contributed by atoms with E-state index in [2.05, 4.69) is 0 Å². The SMILES string of the molecule is COc1cccc(C2/C(=C(\O)c3ccc(C)cc3)C(=O)C(=O)N2CCC(=O)O)c1. The van der Waals surface area contributed by atoms with Crippen molar-refractivity contribution in [3.63, 3.8) is 0 Å². The van der Waals surface area contributed by atoms with Gasteiger partial charge in [0.25, 0.3) is 11.7 Å². The smallest absolute Gasteiger partial charge is 0.305 e. The van der Waals surface area contributed by atoms with Crippen LogP contribution in [0.5, 0.6) is 5.75 Å². The number of likely N-dealkylation sites (tertiary alicyclic amines) is 1. The second-order valence-electron chi connectivity index (χ2n) is 6.78. The molecule has 3 rings (SSSR count). The highest BCUT2D eigenvalue weighted by molar-refractivity contribution is 6.46. The molecule has 1 aliphatic heterocycles. The molecule has 1 atom stereocenters. The van der Waals surface area contributed by atoms with Crippen molar-refractivity contribution in [2.24, 2.45) is 0 Å². The number of aliphatic carboxylic acids is 1. The third-order valence-electron chi connectivity index (χ3n) is 4.84. The number of ketones is 1. The van der Waals surface area contributed by atoms with Crippen molar-refractivity contribution in [1.82, 2.24) is 4.90 Å². The second-order valence-corrected chi connectivity index (χ2v) is 6.78. The van der Waals surface area contributed by atoms with E-state index in [1.54, 1.807) is 48.5 Å². The Balaban J connectivity index is 2.16. The lowest BCUT2D eigenvalue weighted by atomic mass is 9.95. The third kappa shape index (κ3) is 3.99. The summed E-state index contributed by atoms with van der Waals surface area (Å²) in [5.41, 5.74) is 1.85. The van der Waals surface area contributed by atoms with Crippen LogP contribution in [0, 0.1) is 6.92 Å². The molecule has 29 heavy (non-hydrogen) atoms. The largest absolute Gasteiger partial charge is 0.507 e. The summed E-state index contributed by atoms with van der Waals surface area (Å²) in [6, 6.07) is 12.8. The molecule has 7 nitrogen and oxygen atoms in total. The van der Waals surface area contributed by atoms with E-state index in [-0.39, 0.29) is 24.3 Å². The average Bonchev–Trinajstić information content (AvgIpc) is 2.97. The maximum Gasteiger partial charge on any atom is 0.305 e. The van der Waals surface area contributed by atoms with E-state index < -0.39 is 23.7 Å². The van der Waals surface area contributed by atoms with Crippen LogP contribution in [0.3, 0.4) is 0 Å². The van der Waals surface area contributed by atoms with Crippen molar-refractivity contribution in [3.8, 4) is 5.75 Å². The zero-order valence-corrected chi connectivity index (χ0v) is 16.1. The highest BCUT2D eigenvalue weighted by Crippen LogP contribution is 2.40. The van der Waals surface area contributed by atoms with E-state index in [1.165, 1.54) is 12.0 Å². The van der Waals surface area contributed by atoms with Crippen molar-refractivity contribution >= 4 is 23.4 Å². The fourth-order valence-electron chi connectivity index (χ4n) is 3.35. The van der Waals surface area contributed by atoms with Crippen molar-refractivity contribution in [2.75, 3.05) is 13.7 Å². The number of hydrogen-bond acceptors (Lipinski definition) is 5. The molecule has 0 radical (unpaired) electrons. The molecule has 1 saturated heterocycles. The molecule has 150 valence electrons. The monoisotopic (exact) mass is 395 g/mol. The van der Waals surface area contributed by atoms with Crippen LogP contribution in [0.15, 0.2) is 54.1 Å². The number of hydrogen-bond donors (Lipinski definition) is 2. The summed E-state index contributed by atoms with van der Waals surface area (Å²) >= 11 is 0. The summed E-state index contributed by atoms with van der Waals surface area (Å²) in [5, 5.41) is 19.9. The summed E-state index contributed by atoms with van der Waals surface area (Å²) in [6.07, 6.45) is -0.321. The molecule has 7 heteroatoms. The molecule has 0 aliphatic carbocycles. The van der Waals surface area contributed by atoms with Crippen LogP contribution < -0.4 is 4.74 Å². The Bertz CT molecular complexity index is 993. The fraction of sp³-hybridized carbons (Fsp3) is 0.227. The van der Waals surface area contributed by atoms with E-state index in [0.29, 0.717) is 16.9 Å². The van der Waals surface area contributed by atoms with E-state index in [0.717, 1.165) is 5.56 Å². The van der Waals surface area contributed by atoms with Crippen molar-refractivity contribution in [1.29, 1.82) is 0 Å². The third-order valence-corrected chi connectivity index (χ3v) is 4.84. The Morgan fingerprint density at radius 2 is 1.79 bits per heavy atom. The normalized spacial score (nSPS) is 18.1. The van der Waals surface area contributed by atoms with Gasteiger partial charge in [0.15, 0.2) is 0 Å². The van der Waals surface area contributed by atoms with Crippen LogP contribution in [0.25, 0.3) is 5.76 Å². The fourth-order valence-corrected chi connectivity index (χ4v) is 3.35. The molecule has 0 saturated carbocycles. The Morgan fingerprint density at radius 3 is 2.41 bits per heavy atom. The number of aliphatic hydroxyl groups excluding tert-OH is 1. The number of rotatable bonds is 6. The van der Waals surface area contributed by atoms with Crippen LogP contribution in [-0.2, 0) is 14.4 Å². The number of Topliss-reactive ketones (excluding diaryl/α,β-unsaturated/α-hetero) is 1. The van der Waals surface area contributed by atoms with E-state index in [4.69, 9.17) is 9.84 Å². The van der Waals surface area contributed by atoms with Crippen LogP contribution in [0.1, 0.15) is 29.2 Å². The van der Waals surface area contributed by atoms with Crippen molar-refractivity contribution < 1.29 is 29.3 Å². The highest BCUT2D eigenvalue weighted by Gasteiger charge is 2.46. The molecule has 0 aromatic heterocycles. The van der Waals surface area contributed by atoms with Gasteiger partial charge < -0.3 is 19.8 Å². The first-order chi connectivity index (χ1) is 13.8. The number of aryl methyl sites for hydroxylation is 1. The minimum absolute atomic E-state index is 0.0718. The number of ether oxygens (including phenoxy) is 1. The van der Waals surface area contributed by atoms with E-state index in [9.17, 15) is 19.5 Å². The zero-order valence-electron chi connectivity index (χ0n) is 16.1. The molecule has 2 aromatic carbocycles. The van der Waals surface area contributed by atoms with Crippen LogP contribution >= 0.6 is 0 Å². The number of amides is 1. The van der Waals surface area contributed by atoms with Gasteiger partial charge in [-0.1, -0.05) is 42.0 Å². The molecule has 2 N–H and O–H groups in total. The number of aliphatic hydroxyl groups is 1. The number of carboxylic acids is 1. The second kappa shape index (κ2) is 8.18. The summed E-state index contributed by atoms with van der Waals surface area (Å²) < 4.78 is 5.23. The van der Waals surface area contributed by atoms with Gasteiger partial charge >= 0.3 is 5.97 Å². The molecular weight excluding hydrogens is 374 g/mol. The van der Waals surface area contributed by atoms with E-state index >= 15 is 0 Å². The van der Waals surface area contributed by atoms with Gasteiger partial charge in [-0.3, -0.25) is 14.4 Å². The molecule has 1 fully saturated rings. The standard InChI is InChI=1S/C22H21NO6/c1-13-6-8-14(9-7-13)20(26)18-19(15-4-3-5-16(12-15)29-2)23(11-10-17(24)25)22(28)21(18)27/h3-9,12,19,26H,10-11H2,1-2H3,(H,24,25)/b20-18+. The number of carbonyl (C=O) groups is 3. The van der Waals surface area contributed by atoms with Gasteiger partial charge in [-0.05, 0) is 24.6 Å². The Morgan fingerprint density at radius 1 is 1.10 bits per heavy atom. The maximum absolute atomic E-state index is 12.8. The number of benzene rings is 2. The van der Waals surface area contributed by atoms with Crippen molar-refractivity contribution in [3.05, 3.63) is 70.8 Å². The van der Waals surface area contributed by atoms with Gasteiger partial charge in [0.05, 0.1) is 25.1 Å². The number of methoxy groups -OCH3 is 1. The number of carboxylic acid groups (broad SMARTS) is 1.